The molecule has 0 unspecified atom stereocenters. The Kier molecular flexibility index (Phi) is 5.24. The van der Waals surface area contributed by atoms with Gasteiger partial charge in [0.25, 0.3) is 11.8 Å². The second-order valence-corrected chi connectivity index (χ2v) is 6.49. The first-order valence-corrected chi connectivity index (χ1v) is 8.85. The Morgan fingerprint density at radius 1 is 1.26 bits per heavy atom. The van der Waals surface area contributed by atoms with Crippen LogP contribution in [0, 0.1) is 0 Å². The molecule has 2 heterocycles. The number of aromatic carboxylic acids is 1. The molecule has 0 saturated heterocycles. The van der Waals surface area contributed by atoms with Crippen LogP contribution in [0.3, 0.4) is 0 Å². The lowest BCUT2D eigenvalue weighted by atomic mass is 10.2. The van der Waals surface area contributed by atoms with Gasteiger partial charge >= 0.3 is 5.97 Å². The number of carbonyl (C=O) groups excluding carboxylic acids is 2. The Labute approximate surface area is 155 Å². The third-order valence-electron chi connectivity index (χ3n) is 4.63. The van der Waals surface area contributed by atoms with Crippen LogP contribution in [0.4, 0.5) is 5.69 Å². The fourth-order valence-corrected chi connectivity index (χ4v) is 3.21. The summed E-state index contributed by atoms with van der Waals surface area (Å²) >= 11 is 0. The van der Waals surface area contributed by atoms with E-state index in [1.54, 1.807) is 10.9 Å². The van der Waals surface area contributed by atoms with Crippen molar-refractivity contribution in [2.24, 2.45) is 7.05 Å². The maximum Gasteiger partial charge on any atom is 0.354 e. The lowest BCUT2D eigenvalue weighted by molar-refractivity contribution is 0.0680. The van der Waals surface area contributed by atoms with Crippen LogP contribution in [0.15, 0.2) is 12.4 Å². The van der Waals surface area contributed by atoms with Gasteiger partial charge in [-0.25, -0.2) is 4.79 Å². The zero-order valence-electron chi connectivity index (χ0n) is 15.2. The first kappa shape index (κ1) is 18.6. The van der Waals surface area contributed by atoms with E-state index in [0.717, 1.165) is 30.4 Å². The molecule has 1 aliphatic carbocycles. The van der Waals surface area contributed by atoms with Crippen LogP contribution < -0.4 is 10.6 Å². The fourth-order valence-electron chi connectivity index (χ4n) is 3.21. The summed E-state index contributed by atoms with van der Waals surface area (Å²) in [5, 5.41) is 22.9. The molecule has 0 atom stereocenters. The second kappa shape index (κ2) is 7.60. The van der Waals surface area contributed by atoms with E-state index < -0.39 is 11.9 Å². The zero-order valence-corrected chi connectivity index (χ0v) is 15.2. The number of carboxylic acid groups (broad SMARTS) is 1. The van der Waals surface area contributed by atoms with E-state index in [9.17, 15) is 19.5 Å². The minimum atomic E-state index is -1.26. The number of amides is 2. The number of nitrogens with zero attached hydrogens (tertiary/aromatic N) is 4. The van der Waals surface area contributed by atoms with Crippen molar-refractivity contribution < 1.29 is 19.5 Å². The van der Waals surface area contributed by atoms with Crippen LogP contribution in [0.5, 0.6) is 0 Å². The van der Waals surface area contributed by atoms with Crippen molar-refractivity contribution in [3.8, 4) is 0 Å². The van der Waals surface area contributed by atoms with E-state index in [4.69, 9.17) is 0 Å². The largest absolute Gasteiger partial charge is 0.477 e. The van der Waals surface area contributed by atoms with Gasteiger partial charge in [0.1, 0.15) is 0 Å². The minimum Gasteiger partial charge on any atom is -0.477 e. The number of aryl methyl sites for hydroxylation is 2. The molecule has 10 nitrogen and oxygen atoms in total. The monoisotopic (exact) mass is 374 g/mol. The Hall–Kier alpha value is -3.17. The van der Waals surface area contributed by atoms with Crippen LogP contribution in [0.2, 0.25) is 0 Å². The number of carboxylic acids is 1. The highest BCUT2D eigenvalue weighted by Crippen LogP contribution is 2.21. The minimum absolute atomic E-state index is 0.0867. The normalized spacial score (nSPS) is 14.3. The molecule has 144 valence electrons. The molecule has 2 aromatic rings. The number of aromatic nitrogens is 4. The average Bonchev–Trinajstić information content (AvgIpc) is 3.34. The summed E-state index contributed by atoms with van der Waals surface area (Å²) < 4.78 is 2.65. The van der Waals surface area contributed by atoms with Gasteiger partial charge in [0.2, 0.25) is 0 Å². The summed E-state index contributed by atoms with van der Waals surface area (Å²) in [5.74, 6) is -2.27. The Bertz CT molecular complexity index is 878. The molecule has 2 amide bonds. The highest BCUT2D eigenvalue weighted by atomic mass is 16.4. The van der Waals surface area contributed by atoms with Crippen molar-refractivity contribution in [1.82, 2.24) is 24.9 Å². The van der Waals surface area contributed by atoms with Crippen LogP contribution in [0.25, 0.3) is 0 Å². The molecule has 0 radical (unpaired) electrons. The second-order valence-electron chi connectivity index (χ2n) is 6.49. The number of rotatable bonds is 6. The molecule has 3 rings (SSSR count). The van der Waals surface area contributed by atoms with E-state index in [1.807, 2.05) is 6.92 Å². The summed E-state index contributed by atoms with van der Waals surface area (Å²) in [7, 11) is 1.44. The van der Waals surface area contributed by atoms with Crippen molar-refractivity contribution >= 4 is 23.5 Å². The van der Waals surface area contributed by atoms with Crippen molar-refractivity contribution in [3.63, 3.8) is 0 Å². The number of carbonyl (C=O) groups is 3. The Balaban J connectivity index is 1.84. The quantitative estimate of drug-likeness (QED) is 0.697. The third kappa shape index (κ3) is 3.83. The van der Waals surface area contributed by atoms with E-state index in [-0.39, 0.29) is 34.6 Å². The molecule has 1 aliphatic rings. The van der Waals surface area contributed by atoms with Crippen LogP contribution in [0.1, 0.15) is 63.9 Å². The molecular formula is C17H22N6O4. The fraction of sp³-hybridized carbons (Fsp3) is 0.471. The predicted octanol–water partition coefficient (Wildman–Crippen LogP) is 1.26. The molecule has 27 heavy (non-hydrogen) atoms. The number of anilines is 1. The summed E-state index contributed by atoms with van der Waals surface area (Å²) in [6, 6.07) is 0.116. The van der Waals surface area contributed by atoms with Crippen LogP contribution >= 0.6 is 0 Å². The highest BCUT2D eigenvalue weighted by Gasteiger charge is 2.26. The summed E-state index contributed by atoms with van der Waals surface area (Å²) in [6.07, 6.45) is 6.76. The van der Waals surface area contributed by atoms with E-state index in [1.165, 1.54) is 13.2 Å². The van der Waals surface area contributed by atoms with Crippen molar-refractivity contribution in [2.45, 2.75) is 45.2 Å². The molecule has 0 aliphatic heterocycles. The lowest BCUT2D eigenvalue weighted by Crippen LogP contribution is -2.33. The number of hydrogen-bond acceptors (Lipinski definition) is 5. The van der Waals surface area contributed by atoms with Gasteiger partial charge in [0, 0.05) is 25.8 Å². The van der Waals surface area contributed by atoms with E-state index in [2.05, 4.69) is 20.8 Å². The van der Waals surface area contributed by atoms with Crippen molar-refractivity contribution in [3.05, 3.63) is 29.3 Å². The molecule has 0 spiro atoms. The number of hydrogen-bond donors (Lipinski definition) is 3. The summed E-state index contributed by atoms with van der Waals surface area (Å²) in [5.41, 5.74) is 0.0270. The molecule has 1 saturated carbocycles. The van der Waals surface area contributed by atoms with Crippen molar-refractivity contribution in [2.75, 3.05) is 5.32 Å². The van der Waals surface area contributed by atoms with E-state index in [0.29, 0.717) is 6.54 Å². The van der Waals surface area contributed by atoms with Gasteiger partial charge < -0.3 is 15.7 Å². The van der Waals surface area contributed by atoms with Crippen LogP contribution in [-0.4, -0.2) is 48.5 Å². The van der Waals surface area contributed by atoms with Gasteiger partial charge in [0.15, 0.2) is 11.4 Å². The maximum atomic E-state index is 12.6. The zero-order chi connectivity index (χ0) is 19.6. The van der Waals surface area contributed by atoms with Crippen LogP contribution in [-0.2, 0) is 13.6 Å². The highest BCUT2D eigenvalue weighted by molar-refractivity contribution is 6.12. The summed E-state index contributed by atoms with van der Waals surface area (Å²) in [4.78, 5) is 36.5. The standard InChI is InChI=1S/C17H22N6O4/c1-3-23-9-12(13(21-23)16(25)19-10-6-4-5-7-10)20-15(24)11-8-18-22(2)14(11)17(26)27/h8-10H,3-7H2,1-2H3,(H,19,25)(H,20,24)(H,26,27). The maximum absolute atomic E-state index is 12.6. The molecule has 0 aromatic carbocycles. The molecular weight excluding hydrogens is 352 g/mol. The average molecular weight is 374 g/mol. The Morgan fingerprint density at radius 2 is 1.96 bits per heavy atom. The first-order chi connectivity index (χ1) is 12.9. The van der Waals surface area contributed by atoms with E-state index >= 15 is 0 Å². The van der Waals surface area contributed by atoms with Gasteiger partial charge in [-0.1, -0.05) is 12.8 Å². The third-order valence-corrected chi connectivity index (χ3v) is 4.63. The predicted molar refractivity (Wildman–Crippen MR) is 95.7 cm³/mol. The molecule has 10 heteroatoms. The SMILES string of the molecule is CCn1cc(NC(=O)c2cnn(C)c2C(=O)O)c(C(=O)NC2CCCC2)n1. The van der Waals surface area contributed by atoms with Crippen molar-refractivity contribution in [1.29, 1.82) is 0 Å². The first-order valence-electron chi connectivity index (χ1n) is 8.85. The Morgan fingerprint density at radius 3 is 2.59 bits per heavy atom. The topological polar surface area (TPSA) is 131 Å². The smallest absolute Gasteiger partial charge is 0.354 e. The molecule has 3 N–H and O–H groups in total. The van der Waals surface area contributed by atoms with Gasteiger partial charge in [-0.2, -0.15) is 10.2 Å². The lowest BCUT2D eigenvalue weighted by Gasteiger charge is -2.11. The number of nitrogens with one attached hydrogen (secondary N) is 2. The summed E-state index contributed by atoms with van der Waals surface area (Å²) in [6.45, 7) is 2.38. The van der Waals surface area contributed by atoms with Gasteiger partial charge in [-0.05, 0) is 19.8 Å². The van der Waals surface area contributed by atoms with Gasteiger partial charge in [-0.15, -0.1) is 0 Å². The molecule has 0 bridgehead atoms. The van der Waals surface area contributed by atoms with Gasteiger partial charge in [-0.3, -0.25) is 19.0 Å². The molecule has 2 aromatic heterocycles. The molecule has 1 fully saturated rings. The van der Waals surface area contributed by atoms with Gasteiger partial charge in [0.05, 0.1) is 17.4 Å².